The molecule has 7 heteroatoms. The molecule has 0 aliphatic carbocycles. The number of benzene rings is 1. The molecular formula is C16H14N4O2S. The highest BCUT2D eigenvalue weighted by atomic mass is 32.1. The van der Waals surface area contributed by atoms with Gasteiger partial charge in [-0.25, -0.2) is 4.98 Å². The summed E-state index contributed by atoms with van der Waals surface area (Å²) in [5, 5.41) is 14.9. The van der Waals surface area contributed by atoms with Crippen molar-refractivity contribution in [3.05, 3.63) is 28.9 Å². The van der Waals surface area contributed by atoms with Crippen LogP contribution in [0.25, 0.3) is 16.2 Å². The molecule has 3 aromatic rings. The minimum atomic E-state index is 0.449. The molecule has 0 fully saturated rings. The summed E-state index contributed by atoms with van der Waals surface area (Å²) < 4.78 is 13.0. The second-order valence-corrected chi connectivity index (χ2v) is 6.22. The number of fused-ring (bicyclic) bond motifs is 2. The number of imidazole rings is 1. The Morgan fingerprint density at radius 3 is 2.91 bits per heavy atom. The van der Waals surface area contributed by atoms with E-state index in [1.54, 1.807) is 4.52 Å². The molecule has 0 saturated heterocycles. The van der Waals surface area contributed by atoms with Gasteiger partial charge in [0.2, 0.25) is 4.96 Å². The predicted molar refractivity (Wildman–Crippen MR) is 86.0 cm³/mol. The lowest BCUT2D eigenvalue weighted by Gasteiger charge is -2.08. The lowest BCUT2D eigenvalue weighted by molar-refractivity contribution is 0.297. The predicted octanol–water partition coefficient (Wildman–Crippen LogP) is 3.05. The van der Waals surface area contributed by atoms with Crippen molar-refractivity contribution in [1.82, 2.24) is 14.6 Å². The van der Waals surface area contributed by atoms with Crippen molar-refractivity contribution in [1.29, 1.82) is 5.26 Å². The van der Waals surface area contributed by atoms with Gasteiger partial charge in [0.05, 0.1) is 13.2 Å². The Morgan fingerprint density at radius 2 is 2.13 bits per heavy atom. The van der Waals surface area contributed by atoms with Crippen LogP contribution in [0.5, 0.6) is 11.5 Å². The van der Waals surface area contributed by atoms with Crippen LogP contribution in [0.2, 0.25) is 0 Å². The molecule has 6 nitrogen and oxygen atoms in total. The van der Waals surface area contributed by atoms with Crippen LogP contribution in [0.1, 0.15) is 24.0 Å². The third-order valence-corrected chi connectivity index (χ3v) is 4.73. The fourth-order valence-corrected chi connectivity index (χ4v) is 3.38. The first-order valence-electron chi connectivity index (χ1n) is 7.48. The second kappa shape index (κ2) is 5.56. The molecule has 0 unspecified atom stereocenters. The number of aromatic nitrogens is 3. The molecule has 0 saturated carbocycles. The highest BCUT2D eigenvalue weighted by Crippen LogP contribution is 2.35. The van der Waals surface area contributed by atoms with Crippen molar-refractivity contribution in [2.75, 3.05) is 13.2 Å². The smallest absolute Gasteiger partial charge is 0.214 e. The normalized spacial score (nSPS) is 13.7. The van der Waals surface area contributed by atoms with Gasteiger partial charge in [0.25, 0.3) is 0 Å². The molecule has 3 heterocycles. The first-order valence-corrected chi connectivity index (χ1v) is 8.30. The van der Waals surface area contributed by atoms with Gasteiger partial charge in [0, 0.05) is 12.0 Å². The number of hydrogen-bond acceptors (Lipinski definition) is 6. The molecule has 1 aliphatic heterocycles. The number of ether oxygens (including phenoxy) is 2. The summed E-state index contributed by atoms with van der Waals surface area (Å²) in [4.78, 5) is 5.33. The van der Waals surface area contributed by atoms with Crippen molar-refractivity contribution >= 4 is 16.3 Å². The zero-order valence-electron chi connectivity index (χ0n) is 12.6. The van der Waals surface area contributed by atoms with Crippen molar-refractivity contribution in [3.8, 4) is 28.8 Å². The number of nitriles is 1. The quantitative estimate of drug-likeness (QED) is 0.724. The summed E-state index contributed by atoms with van der Waals surface area (Å²) in [6, 6.07) is 7.88. The highest BCUT2D eigenvalue weighted by Gasteiger charge is 2.19. The minimum absolute atomic E-state index is 0.449. The molecule has 0 spiro atoms. The summed E-state index contributed by atoms with van der Waals surface area (Å²) in [6.07, 6.45) is 1.69. The van der Waals surface area contributed by atoms with Crippen molar-refractivity contribution in [2.45, 2.75) is 19.8 Å². The van der Waals surface area contributed by atoms with Gasteiger partial charge in [-0.2, -0.15) is 14.9 Å². The topological polar surface area (TPSA) is 72.4 Å². The molecular weight excluding hydrogens is 312 g/mol. The lowest BCUT2D eigenvalue weighted by atomic mass is 10.1. The first kappa shape index (κ1) is 14.0. The highest BCUT2D eigenvalue weighted by molar-refractivity contribution is 7.16. The van der Waals surface area contributed by atoms with Crippen LogP contribution < -0.4 is 9.47 Å². The summed E-state index contributed by atoms with van der Waals surface area (Å²) in [5.41, 5.74) is 1.91. The van der Waals surface area contributed by atoms with Gasteiger partial charge in [-0.3, -0.25) is 0 Å². The van der Waals surface area contributed by atoms with E-state index in [0.29, 0.717) is 30.4 Å². The van der Waals surface area contributed by atoms with E-state index in [9.17, 15) is 5.26 Å². The number of rotatable bonds is 2. The number of aryl methyl sites for hydroxylation is 1. The maximum absolute atomic E-state index is 9.53. The minimum Gasteiger partial charge on any atom is -0.490 e. The molecule has 116 valence electrons. The summed E-state index contributed by atoms with van der Waals surface area (Å²) >= 11 is 1.51. The van der Waals surface area contributed by atoms with Crippen molar-refractivity contribution < 1.29 is 9.47 Å². The third-order valence-electron chi connectivity index (χ3n) is 3.67. The molecule has 0 amide bonds. The molecule has 0 bridgehead atoms. The van der Waals surface area contributed by atoms with Crippen LogP contribution in [0.15, 0.2) is 18.2 Å². The van der Waals surface area contributed by atoms with E-state index in [0.717, 1.165) is 34.1 Å². The average Bonchev–Trinajstić information content (AvgIpc) is 3.02. The van der Waals surface area contributed by atoms with E-state index in [2.05, 4.69) is 16.2 Å². The van der Waals surface area contributed by atoms with Crippen LogP contribution in [-0.4, -0.2) is 27.8 Å². The average molecular weight is 326 g/mol. The Balaban J connectivity index is 1.84. The molecule has 0 radical (unpaired) electrons. The van der Waals surface area contributed by atoms with Crippen molar-refractivity contribution in [2.24, 2.45) is 0 Å². The standard InChI is InChI=1S/C16H14N4O2S/c1-2-14-19-20-11(9-17)15(18-16(20)23-14)10-4-5-12-13(8-10)22-7-3-6-21-12/h4-5,8H,2-3,6-7H2,1H3. The van der Waals surface area contributed by atoms with Gasteiger partial charge < -0.3 is 9.47 Å². The summed E-state index contributed by atoms with van der Waals surface area (Å²) in [6.45, 7) is 3.32. The Hall–Kier alpha value is -2.59. The fraction of sp³-hybridized carbons (Fsp3) is 0.312. The van der Waals surface area contributed by atoms with Crippen LogP contribution in [0.4, 0.5) is 0 Å². The summed E-state index contributed by atoms with van der Waals surface area (Å²) in [7, 11) is 0. The molecule has 1 aliphatic rings. The maximum Gasteiger partial charge on any atom is 0.214 e. The molecule has 0 atom stereocenters. The molecule has 0 N–H and O–H groups in total. The van der Waals surface area contributed by atoms with Gasteiger partial charge in [-0.1, -0.05) is 18.3 Å². The monoisotopic (exact) mass is 326 g/mol. The fourth-order valence-electron chi connectivity index (χ4n) is 2.54. The van der Waals surface area contributed by atoms with E-state index in [4.69, 9.17) is 9.47 Å². The molecule has 23 heavy (non-hydrogen) atoms. The van der Waals surface area contributed by atoms with Crippen LogP contribution in [0.3, 0.4) is 0 Å². The Bertz CT molecular complexity index is 922. The van der Waals surface area contributed by atoms with E-state index in [-0.39, 0.29) is 0 Å². The van der Waals surface area contributed by atoms with Crippen LogP contribution in [-0.2, 0) is 6.42 Å². The SMILES string of the molecule is CCc1nn2c(C#N)c(-c3ccc4c(c3)OCCCO4)nc2s1. The largest absolute Gasteiger partial charge is 0.490 e. The van der Waals surface area contributed by atoms with E-state index < -0.39 is 0 Å². The van der Waals surface area contributed by atoms with E-state index in [1.807, 2.05) is 25.1 Å². The molecule has 2 aromatic heterocycles. The zero-order chi connectivity index (χ0) is 15.8. The lowest BCUT2D eigenvalue weighted by Crippen LogP contribution is -1.97. The Morgan fingerprint density at radius 1 is 1.30 bits per heavy atom. The van der Waals surface area contributed by atoms with Gasteiger partial charge >= 0.3 is 0 Å². The van der Waals surface area contributed by atoms with E-state index in [1.165, 1.54) is 11.3 Å². The molecule has 1 aromatic carbocycles. The Labute approximate surface area is 136 Å². The second-order valence-electron chi connectivity index (χ2n) is 5.18. The zero-order valence-corrected chi connectivity index (χ0v) is 13.4. The maximum atomic E-state index is 9.53. The van der Waals surface area contributed by atoms with Crippen molar-refractivity contribution in [3.63, 3.8) is 0 Å². The van der Waals surface area contributed by atoms with Gasteiger partial charge in [0.1, 0.15) is 16.8 Å². The van der Waals surface area contributed by atoms with Gasteiger partial charge in [-0.05, 0) is 24.6 Å². The van der Waals surface area contributed by atoms with E-state index >= 15 is 0 Å². The third kappa shape index (κ3) is 2.32. The van der Waals surface area contributed by atoms with Crippen LogP contribution in [0, 0.1) is 11.3 Å². The molecule has 4 rings (SSSR count). The Kier molecular flexibility index (Phi) is 3.39. The van der Waals surface area contributed by atoms with Gasteiger partial charge in [0.15, 0.2) is 17.2 Å². The summed E-state index contributed by atoms with van der Waals surface area (Å²) in [5.74, 6) is 1.43. The van der Waals surface area contributed by atoms with Crippen LogP contribution >= 0.6 is 11.3 Å². The number of hydrogen-bond donors (Lipinski definition) is 0. The first-order chi connectivity index (χ1) is 11.3. The van der Waals surface area contributed by atoms with Gasteiger partial charge in [-0.15, -0.1) is 0 Å². The number of nitrogens with zero attached hydrogens (tertiary/aromatic N) is 4.